The van der Waals surface area contributed by atoms with Gasteiger partial charge >= 0.3 is 0 Å². The average molecular weight is 189 g/mol. The number of allylic oxidation sites excluding steroid dienone is 1. The van der Waals surface area contributed by atoms with Gasteiger partial charge in [-0.1, -0.05) is 41.4 Å². The first-order valence-electron chi connectivity index (χ1n) is 3.19. The van der Waals surface area contributed by atoms with Gasteiger partial charge in [-0.15, -0.1) is 6.58 Å². The predicted molar refractivity (Wildman–Crippen MR) is 52.3 cm³/mol. The summed E-state index contributed by atoms with van der Waals surface area (Å²) in [6.45, 7) is 5.25. The van der Waals surface area contributed by atoms with Gasteiger partial charge in [0.1, 0.15) is 0 Å². The van der Waals surface area contributed by atoms with Crippen molar-refractivity contribution >= 4 is 23.2 Å². The SMILES string of the molecule is C=CC.Clc1ccccc1Cl. The van der Waals surface area contributed by atoms with Gasteiger partial charge in [-0.25, -0.2) is 0 Å². The first kappa shape index (κ1) is 10.5. The van der Waals surface area contributed by atoms with Crippen LogP contribution >= 0.6 is 23.2 Å². The van der Waals surface area contributed by atoms with E-state index in [1.54, 1.807) is 18.2 Å². The van der Waals surface area contributed by atoms with Crippen molar-refractivity contribution in [1.82, 2.24) is 0 Å². The molecular weight excluding hydrogens is 179 g/mol. The molecule has 0 unspecified atom stereocenters. The normalized spacial score (nSPS) is 7.91. The fourth-order valence-corrected chi connectivity index (χ4v) is 0.711. The van der Waals surface area contributed by atoms with Crippen LogP contribution in [0.2, 0.25) is 10.0 Å². The van der Waals surface area contributed by atoms with Crippen LogP contribution in [0.1, 0.15) is 6.92 Å². The zero-order chi connectivity index (χ0) is 8.69. The van der Waals surface area contributed by atoms with Crippen LogP contribution in [-0.2, 0) is 0 Å². The zero-order valence-corrected chi connectivity index (χ0v) is 7.86. The van der Waals surface area contributed by atoms with Crippen molar-refractivity contribution in [1.29, 1.82) is 0 Å². The van der Waals surface area contributed by atoms with Crippen molar-refractivity contribution in [3.05, 3.63) is 47.0 Å². The smallest absolute Gasteiger partial charge is 0.0592 e. The molecule has 0 bridgehead atoms. The lowest BCUT2D eigenvalue weighted by Crippen LogP contribution is -1.62. The van der Waals surface area contributed by atoms with Crippen LogP contribution in [0.25, 0.3) is 0 Å². The molecule has 0 spiro atoms. The second kappa shape index (κ2) is 6.26. The van der Waals surface area contributed by atoms with E-state index in [9.17, 15) is 0 Å². The molecular formula is C9H10Cl2. The van der Waals surface area contributed by atoms with Crippen LogP contribution in [0.4, 0.5) is 0 Å². The van der Waals surface area contributed by atoms with E-state index in [1.165, 1.54) is 0 Å². The minimum atomic E-state index is 0.606. The molecule has 1 aromatic carbocycles. The number of rotatable bonds is 0. The van der Waals surface area contributed by atoms with Crippen molar-refractivity contribution < 1.29 is 0 Å². The Morgan fingerprint density at radius 2 is 1.45 bits per heavy atom. The third-order valence-electron chi connectivity index (χ3n) is 0.824. The maximum Gasteiger partial charge on any atom is 0.0592 e. The Kier molecular flexibility index (Phi) is 6.00. The third-order valence-corrected chi connectivity index (χ3v) is 1.58. The summed E-state index contributed by atoms with van der Waals surface area (Å²) in [4.78, 5) is 0. The molecule has 0 aromatic heterocycles. The number of benzene rings is 1. The van der Waals surface area contributed by atoms with Gasteiger partial charge in [-0.3, -0.25) is 0 Å². The van der Waals surface area contributed by atoms with Gasteiger partial charge in [0, 0.05) is 0 Å². The summed E-state index contributed by atoms with van der Waals surface area (Å²) in [6, 6.07) is 7.19. The molecule has 0 saturated heterocycles. The molecule has 0 aliphatic rings. The van der Waals surface area contributed by atoms with E-state index in [0.717, 1.165) is 0 Å². The average Bonchev–Trinajstić information content (AvgIpc) is 1.97. The summed E-state index contributed by atoms with van der Waals surface area (Å²) < 4.78 is 0. The summed E-state index contributed by atoms with van der Waals surface area (Å²) in [5.41, 5.74) is 0. The van der Waals surface area contributed by atoms with Gasteiger partial charge in [0.15, 0.2) is 0 Å². The molecule has 0 aliphatic heterocycles. The number of hydrogen-bond donors (Lipinski definition) is 0. The van der Waals surface area contributed by atoms with Gasteiger partial charge in [0.25, 0.3) is 0 Å². The van der Waals surface area contributed by atoms with E-state index in [0.29, 0.717) is 10.0 Å². The monoisotopic (exact) mass is 188 g/mol. The zero-order valence-electron chi connectivity index (χ0n) is 6.35. The highest BCUT2D eigenvalue weighted by Gasteiger charge is 1.89. The maximum atomic E-state index is 5.58. The summed E-state index contributed by atoms with van der Waals surface area (Å²) in [5.74, 6) is 0. The maximum absolute atomic E-state index is 5.58. The first-order chi connectivity index (χ1) is 5.22. The third kappa shape index (κ3) is 4.88. The minimum Gasteiger partial charge on any atom is -0.103 e. The molecule has 1 rings (SSSR count). The Bertz CT molecular complexity index is 198. The molecule has 11 heavy (non-hydrogen) atoms. The fourth-order valence-electron chi connectivity index (χ4n) is 0.439. The first-order valence-corrected chi connectivity index (χ1v) is 3.95. The van der Waals surface area contributed by atoms with Crippen LogP contribution in [0.3, 0.4) is 0 Å². The lowest BCUT2D eigenvalue weighted by atomic mass is 10.4. The predicted octanol–water partition coefficient (Wildman–Crippen LogP) is 4.19. The Balaban J connectivity index is 0.000000292. The van der Waals surface area contributed by atoms with Crippen molar-refractivity contribution in [2.75, 3.05) is 0 Å². The van der Waals surface area contributed by atoms with Crippen LogP contribution in [0, 0.1) is 0 Å². The Morgan fingerprint density at radius 3 is 1.64 bits per heavy atom. The highest BCUT2D eigenvalue weighted by Crippen LogP contribution is 2.19. The summed E-state index contributed by atoms with van der Waals surface area (Å²) >= 11 is 11.2. The highest BCUT2D eigenvalue weighted by molar-refractivity contribution is 6.41. The second-order valence-corrected chi connectivity index (χ2v) is 2.64. The Morgan fingerprint density at radius 1 is 1.18 bits per heavy atom. The van der Waals surface area contributed by atoms with Crippen molar-refractivity contribution in [3.63, 3.8) is 0 Å². The molecule has 0 radical (unpaired) electrons. The molecule has 0 heterocycles. The molecule has 0 aliphatic carbocycles. The van der Waals surface area contributed by atoms with Crippen molar-refractivity contribution in [2.45, 2.75) is 6.92 Å². The van der Waals surface area contributed by atoms with Gasteiger partial charge < -0.3 is 0 Å². The standard InChI is InChI=1S/C6H4Cl2.C3H6/c7-5-3-1-2-4-6(5)8;1-3-2/h1-4H;3H,1H2,2H3. The van der Waals surface area contributed by atoms with Gasteiger partial charge in [0.05, 0.1) is 10.0 Å². The van der Waals surface area contributed by atoms with Crippen LogP contribution in [0.15, 0.2) is 36.9 Å². The lowest BCUT2D eigenvalue weighted by molar-refractivity contribution is 1.71. The van der Waals surface area contributed by atoms with Crippen LogP contribution in [0.5, 0.6) is 0 Å². The lowest BCUT2D eigenvalue weighted by Gasteiger charge is -1.88. The molecule has 0 fully saturated rings. The van der Waals surface area contributed by atoms with E-state index >= 15 is 0 Å². The molecule has 1 aromatic rings. The number of hydrogen-bond acceptors (Lipinski definition) is 0. The van der Waals surface area contributed by atoms with Crippen molar-refractivity contribution in [2.24, 2.45) is 0 Å². The molecule has 2 heteroatoms. The van der Waals surface area contributed by atoms with Gasteiger partial charge in [-0.05, 0) is 19.1 Å². The van der Waals surface area contributed by atoms with E-state index in [2.05, 4.69) is 6.58 Å². The van der Waals surface area contributed by atoms with Crippen LogP contribution < -0.4 is 0 Å². The van der Waals surface area contributed by atoms with Gasteiger partial charge in [-0.2, -0.15) is 0 Å². The largest absolute Gasteiger partial charge is 0.103 e. The molecule has 0 nitrogen and oxygen atoms in total. The Labute approximate surface area is 77.4 Å². The van der Waals surface area contributed by atoms with E-state index in [1.807, 2.05) is 19.1 Å². The molecule has 0 amide bonds. The van der Waals surface area contributed by atoms with Gasteiger partial charge in [0.2, 0.25) is 0 Å². The summed E-state index contributed by atoms with van der Waals surface area (Å²) in [5, 5.41) is 1.21. The van der Waals surface area contributed by atoms with Crippen molar-refractivity contribution in [3.8, 4) is 0 Å². The van der Waals surface area contributed by atoms with E-state index < -0.39 is 0 Å². The molecule has 0 N–H and O–H groups in total. The topological polar surface area (TPSA) is 0 Å². The minimum absolute atomic E-state index is 0.606. The second-order valence-electron chi connectivity index (χ2n) is 1.82. The summed E-state index contributed by atoms with van der Waals surface area (Å²) in [7, 11) is 0. The molecule has 60 valence electrons. The van der Waals surface area contributed by atoms with E-state index in [-0.39, 0.29) is 0 Å². The fraction of sp³-hybridized carbons (Fsp3) is 0.111. The Hall–Kier alpha value is -0.460. The van der Waals surface area contributed by atoms with Crippen LogP contribution in [-0.4, -0.2) is 0 Å². The molecule has 0 saturated carbocycles. The quantitative estimate of drug-likeness (QED) is 0.537. The summed E-state index contributed by atoms with van der Waals surface area (Å²) in [6.07, 6.45) is 1.75. The highest BCUT2D eigenvalue weighted by atomic mass is 35.5. The van der Waals surface area contributed by atoms with E-state index in [4.69, 9.17) is 23.2 Å². The number of halogens is 2. The molecule has 0 atom stereocenters.